The second-order valence-corrected chi connectivity index (χ2v) is 4.14. The van der Waals surface area contributed by atoms with E-state index in [0.717, 1.165) is 25.7 Å². The first kappa shape index (κ1) is 9.32. The molecule has 0 aromatic carbocycles. The third-order valence-corrected chi connectivity index (χ3v) is 3.52. The fourth-order valence-corrected chi connectivity index (χ4v) is 2.82. The van der Waals surface area contributed by atoms with Crippen molar-refractivity contribution in [3.8, 4) is 0 Å². The number of hydrogen-bond acceptors (Lipinski definition) is 4. The average Bonchev–Trinajstić information content (AvgIpc) is 2.21. The lowest BCUT2D eigenvalue weighted by atomic mass is 9.65. The Labute approximate surface area is 82.1 Å². The van der Waals surface area contributed by atoms with E-state index in [0.29, 0.717) is 11.8 Å². The van der Waals surface area contributed by atoms with Gasteiger partial charge in [0.25, 0.3) is 0 Å². The van der Waals surface area contributed by atoms with E-state index in [-0.39, 0.29) is 12.1 Å². The summed E-state index contributed by atoms with van der Waals surface area (Å²) in [6, 6.07) is 0.258. The monoisotopic (exact) mass is 192 g/mol. The SMILES string of the molecule is O=C=N[C@@H]1C[C@H]2CC[C@@H]1C[C@H]2N=C=O. The van der Waals surface area contributed by atoms with E-state index < -0.39 is 0 Å². The molecule has 0 N–H and O–H groups in total. The van der Waals surface area contributed by atoms with Crippen molar-refractivity contribution in [1.82, 2.24) is 0 Å². The lowest BCUT2D eigenvalue weighted by Crippen LogP contribution is -2.42. The molecule has 74 valence electrons. The van der Waals surface area contributed by atoms with Crippen LogP contribution in [0, 0.1) is 11.8 Å². The fraction of sp³-hybridized carbons (Fsp3) is 0.800. The third-order valence-electron chi connectivity index (χ3n) is 3.52. The van der Waals surface area contributed by atoms with E-state index in [9.17, 15) is 9.59 Å². The molecule has 0 amide bonds. The molecule has 0 spiro atoms. The van der Waals surface area contributed by atoms with Gasteiger partial charge in [0.2, 0.25) is 12.2 Å². The zero-order chi connectivity index (χ0) is 9.97. The topological polar surface area (TPSA) is 58.9 Å². The minimum atomic E-state index is 0.129. The van der Waals surface area contributed by atoms with Crippen molar-refractivity contribution in [3.63, 3.8) is 0 Å². The lowest BCUT2D eigenvalue weighted by molar-refractivity contribution is 0.124. The van der Waals surface area contributed by atoms with E-state index in [1.54, 1.807) is 12.2 Å². The van der Waals surface area contributed by atoms with Gasteiger partial charge in [0.05, 0.1) is 12.1 Å². The van der Waals surface area contributed by atoms with Gasteiger partial charge >= 0.3 is 0 Å². The van der Waals surface area contributed by atoms with Crippen LogP contribution in [0.1, 0.15) is 25.7 Å². The first-order valence-corrected chi connectivity index (χ1v) is 4.99. The number of carbonyl (C=O) groups excluding carboxylic acids is 2. The van der Waals surface area contributed by atoms with Crippen molar-refractivity contribution in [2.45, 2.75) is 37.8 Å². The van der Waals surface area contributed by atoms with E-state index in [4.69, 9.17) is 0 Å². The van der Waals surface area contributed by atoms with E-state index in [1.165, 1.54) is 0 Å². The molecule has 4 nitrogen and oxygen atoms in total. The van der Waals surface area contributed by atoms with Gasteiger partial charge in [0.15, 0.2) is 0 Å². The highest BCUT2D eigenvalue weighted by Gasteiger charge is 2.41. The molecule has 0 aromatic rings. The molecule has 3 rings (SSSR count). The maximum atomic E-state index is 10.2. The van der Waals surface area contributed by atoms with Crippen LogP contribution in [0.15, 0.2) is 9.98 Å². The van der Waals surface area contributed by atoms with Crippen molar-refractivity contribution in [2.24, 2.45) is 21.8 Å². The third kappa shape index (κ3) is 1.54. The van der Waals surface area contributed by atoms with Gasteiger partial charge in [-0.25, -0.2) is 19.6 Å². The maximum Gasteiger partial charge on any atom is 0.235 e. The van der Waals surface area contributed by atoms with Crippen molar-refractivity contribution in [3.05, 3.63) is 0 Å². The van der Waals surface area contributed by atoms with Crippen molar-refractivity contribution in [2.75, 3.05) is 0 Å². The minimum Gasteiger partial charge on any atom is -0.211 e. The van der Waals surface area contributed by atoms with Crippen LogP contribution in [-0.4, -0.2) is 24.2 Å². The predicted octanol–water partition coefficient (Wildman–Crippen LogP) is 1.22. The van der Waals surface area contributed by atoms with Crippen LogP contribution in [0.5, 0.6) is 0 Å². The first-order valence-electron chi connectivity index (χ1n) is 4.99. The van der Waals surface area contributed by atoms with E-state index >= 15 is 0 Å². The Morgan fingerprint density at radius 3 is 1.57 bits per heavy atom. The Morgan fingerprint density at radius 1 is 0.857 bits per heavy atom. The summed E-state index contributed by atoms with van der Waals surface area (Å²) in [4.78, 5) is 28.0. The summed E-state index contributed by atoms with van der Waals surface area (Å²) in [5, 5.41) is 0. The van der Waals surface area contributed by atoms with Gasteiger partial charge in [0, 0.05) is 0 Å². The molecule has 3 aliphatic carbocycles. The molecule has 0 aliphatic heterocycles. The Morgan fingerprint density at radius 2 is 1.29 bits per heavy atom. The highest BCUT2D eigenvalue weighted by molar-refractivity contribution is 5.35. The molecule has 0 saturated heterocycles. The number of fused-ring (bicyclic) bond motifs is 3. The van der Waals surface area contributed by atoms with Crippen LogP contribution < -0.4 is 0 Å². The molecule has 0 radical (unpaired) electrons. The van der Waals surface area contributed by atoms with Gasteiger partial charge < -0.3 is 0 Å². The Kier molecular flexibility index (Phi) is 2.58. The summed E-state index contributed by atoms with van der Waals surface area (Å²) in [6.07, 6.45) is 7.25. The van der Waals surface area contributed by atoms with Crippen LogP contribution in [0.2, 0.25) is 0 Å². The summed E-state index contributed by atoms with van der Waals surface area (Å²) >= 11 is 0. The van der Waals surface area contributed by atoms with Gasteiger partial charge in [-0.3, -0.25) is 0 Å². The normalized spacial score (nSPS) is 39.7. The quantitative estimate of drug-likeness (QED) is 0.487. The number of isocyanates is 2. The molecule has 3 aliphatic rings. The van der Waals surface area contributed by atoms with E-state index in [1.807, 2.05) is 0 Å². The predicted molar refractivity (Wildman–Crippen MR) is 49.3 cm³/mol. The average molecular weight is 192 g/mol. The van der Waals surface area contributed by atoms with Gasteiger partial charge in [-0.1, -0.05) is 0 Å². The number of nitrogens with zero attached hydrogens (tertiary/aromatic N) is 2. The highest BCUT2D eigenvalue weighted by atomic mass is 16.1. The first-order chi connectivity index (χ1) is 6.85. The van der Waals surface area contributed by atoms with Gasteiger partial charge in [-0.15, -0.1) is 0 Å². The molecule has 0 heterocycles. The summed E-state index contributed by atoms with van der Waals surface area (Å²) in [5.74, 6) is 0.840. The summed E-state index contributed by atoms with van der Waals surface area (Å²) in [5.41, 5.74) is 0. The smallest absolute Gasteiger partial charge is 0.211 e. The molecule has 3 fully saturated rings. The van der Waals surface area contributed by atoms with Gasteiger partial charge in [0.1, 0.15) is 0 Å². The van der Waals surface area contributed by atoms with Gasteiger partial charge in [-0.05, 0) is 37.5 Å². The van der Waals surface area contributed by atoms with Crippen LogP contribution in [0.4, 0.5) is 0 Å². The summed E-state index contributed by atoms with van der Waals surface area (Å²) in [6.45, 7) is 0. The molecule has 0 unspecified atom stereocenters. The zero-order valence-corrected chi connectivity index (χ0v) is 7.85. The van der Waals surface area contributed by atoms with E-state index in [2.05, 4.69) is 9.98 Å². The minimum absolute atomic E-state index is 0.129. The number of aliphatic imine (C=N–C) groups is 2. The molecular formula is C10H12N2O2. The summed E-state index contributed by atoms with van der Waals surface area (Å²) < 4.78 is 0. The summed E-state index contributed by atoms with van der Waals surface area (Å²) in [7, 11) is 0. The lowest BCUT2D eigenvalue weighted by Gasteiger charge is -2.43. The molecule has 2 bridgehead atoms. The largest absolute Gasteiger partial charge is 0.235 e. The second-order valence-electron chi connectivity index (χ2n) is 4.14. The van der Waals surface area contributed by atoms with Crippen LogP contribution in [0.25, 0.3) is 0 Å². The van der Waals surface area contributed by atoms with Gasteiger partial charge in [-0.2, -0.15) is 0 Å². The van der Waals surface area contributed by atoms with Crippen molar-refractivity contribution >= 4 is 12.2 Å². The fourth-order valence-electron chi connectivity index (χ4n) is 2.82. The molecule has 4 atom stereocenters. The van der Waals surface area contributed by atoms with Crippen LogP contribution in [0.3, 0.4) is 0 Å². The van der Waals surface area contributed by atoms with Crippen molar-refractivity contribution < 1.29 is 9.59 Å². The molecule has 3 saturated carbocycles. The Hall–Kier alpha value is -1.24. The second kappa shape index (κ2) is 3.87. The number of rotatable bonds is 2. The molecule has 0 aromatic heterocycles. The zero-order valence-electron chi connectivity index (χ0n) is 7.85. The van der Waals surface area contributed by atoms with Crippen LogP contribution in [-0.2, 0) is 9.59 Å². The molecular weight excluding hydrogens is 180 g/mol. The highest BCUT2D eigenvalue weighted by Crippen LogP contribution is 2.43. The molecule has 4 heteroatoms. The van der Waals surface area contributed by atoms with Crippen molar-refractivity contribution in [1.29, 1.82) is 0 Å². The van der Waals surface area contributed by atoms with Crippen LogP contribution >= 0.6 is 0 Å². The Balaban J connectivity index is 2.11. The maximum absolute atomic E-state index is 10.2. The molecule has 14 heavy (non-hydrogen) atoms. The number of hydrogen-bond donors (Lipinski definition) is 0. The Bertz CT molecular complexity index is 284. The standard InChI is InChI=1S/C10H12N2O2/c13-5-11-9-4-8-2-1-7(9)3-10(8)12-6-14/h7-10H,1-4H2/t7-,8-,9-,10-/m1/s1.